The summed E-state index contributed by atoms with van der Waals surface area (Å²) in [6.45, 7) is 2.86. The van der Waals surface area contributed by atoms with E-state index in [0.29, 0.717) is 24.4 Å². The van der Waals surface area contributed by atoms with Crippen molar-refractivity contribution in [1.29, 1.82) is 0 Å². The first-order valence-corrected chi connectivity index (χ1v) is 10.1. The minimum Gasteiger partial charge on any atom is -0.493 e. The number of aromatic nitrogens is 4. The third-order valence-electron chi connectivity index (χ3n) is 5.22. The summed E-state index contributed by atoms with van der Waals surface area (Å²) in [6.07, 6.45) is 9.04. The average Bonchev–Trinajstić information content (AvgIpc) is 3.15. The van der Waals surface area contributed by atoms with Crippen LogP contribution in [0.3, 0.4) is 0 Å². The van der Waals surface area contributed by atoms with Crippen LogP contribution in [0.4, 0.5) is 5.95 Å². The zero-order valence-electron chi connectivity index (χ0n) is 16.2. The van der Waals surface area contributed by atoms with E-state index >= 15 is 0 Å². The van der Waals surface area contributed by atoms with Gasteiger partial charge in [-0.2, -0.15) is 10.1 Å². The molecular weight excluding hydrogens is 354 g/mol. The van der Waals surface area contributed by atoms with Crippen LogP contribution in [0.5, 0.6) is 5.75 Å². The number of benzene rings is 1. The van der Waals surface area contributed by atoms with Crippen LogP contribution in [-0.4, -0.2) is 43.6 Å². The highest BCUT2D eigenvalue weighted by Crippen LogP contribution is 2.27. The van der Waals surface area contributed by atoms with Gasteiger partial charge in [-0.25, -0.2) is 9.67 Å². The molecule has 7 nitrogen and oxygen atoms in total. The van der Waals surface area contributed by atoms with E-state index in [1.807, 2.05) is 35.1 Å². The SMILES string of the molecule is CCCCOc1cccc2c1cnn2-c1ccnc(N[C@H]2CC[C@H](O)CC2)n1. The molecule has 7 heteroatoms. The van der Waals surface area contributed by atoms with Crippen molar-refractivity contribution in [2.24, 2.45) is 0 Å². The lowest BCUT2D eigenvalue weighted by molar-refractivity contribution is 0.126. The molecule has 0 aliphatic heterocycles. The summed E-state index contributed by atoms with van der Waals surface area (Å²) in [5, 5.41) is 18.6. The molecule has 2 N–H and O–H groups in total. The van der Waals surface area contributed by atoms with Gasteiger partial charge in [-0.05, 0) is 44.2 Å². The van der Waals surface area contributed by atoms with Crippen molar-refractivity contribution in [3.63, 3.8) is 0 Å². The summed E-state index contributed by atoms with van der Waals surface area (Å²) in [6, 6.07) is 8.13. The van der Waals surface area contributed by atoms with Crippen LogP contribution in [0.25, 0.3) is 16.7 Å². The second-order valence-corrected chi connectivity index (χ2v) is 7.34. The van der Waals surface area contributed by atoms with Gasteiger partial charge in [-0.15, -0.1) is 0 Å². The van der Waals surface area contributed by atoms with Crippen molar-refractivity contribution < 1.29 is 9.84 Å². The number of hydrogen-bond donors (Lipinski definition) is 2. The Kier molecular flexibility index (Phi) is 5.71. The molecule has 1 aliphatic rings. The lowest BCUT2D eigenvalue weighted by atomic mass is 9.93. The number of ether oxygens (including phenoxy) is 1. The highest BCUT2D eigenvalue weighted by molar-refractivity contribution is 5.86. The first-order valence-electron chi connectivity index (χ1n) is 10.1. The number of nitrogens with zero attached hydrogens (tertiary/aromatic N) is 4. The molecule has 1 aliphatic carbocycles. The van der Waals surface area contributed by atoms with Crippen molar-refractivity contribution in [2.45, 2.75) is 57.6 Å². The molecule has 1 fully saturated rings. The average molecular weight is 381 g/mol. The van der Waals surface area contributed by atoms with Crippen LogP contribution in [0.2, 0.25) is 0 Å². The molecule has 2 heterocycles. The third-order valence-corrected chi connectivity index (χ3v) is 5.22. The molecule has 3 aromatic rings. The number of unbranched alkanes of at least 4 members (excludes halogenated alkanes) is 1. The van der Waals surface area contributed by atoms with E-state index in [4.69, 9.17) is 4.74 Å². The summed E-state index contributed by atoms with van der Waals surface area (Å²) in [4.78, 5) is 9.02. The van der Waals surface area contributed by atoms with Crippen molar-refractivity contribution in [3.05, 3.63) is 36.7 Å². The molecular formula is C21H27N5O2. The van der Waals surface area contributed by atoms with Crippen molar-refractivity contribution in [3.8, 4) is 11.6 Å². The fourth-order valence-corrected chi connectivity index (χ4v) is 3.60. The Morgan fingerprint density at radius 2 is 2.07 bits per heavy atom. The van der Waals surface area contributed by atoms with Crippen molar-refractivity contribution in [1.82, 2.24) is 19.7 Å². The lowest BCUT2D eigenvalue weighted by Crippen LogP contribution is -2.29. The van der Waals surface area contributed by atoms with Crippen LogP contribution in [0.1, 0.15) is 45.4 Å². The van der Waals surface area contributed by atoms with E-state index in [1.54, 1.807) is 6.20 Å². The molecule has 0 unspecified atom stereocenters. The van der Waals surface area contributed by atoms with Gasteiger partial charge in [0.2, 0.25) is 5.95 Å². The minimum atomic E-state index is -0.172. The molecule has 0 atom stereocenters. The molecule has 1 aromatic carbocycles. The maximum atomic E-state index is 9.67. The van der Waals surface area contributed by atoms with Crippen LogP contribution < -0.4 is 10.1 Å². The van der Waals surface area contributed by atoms with Crippen LogP contribution in [0.15, 0.2) is 36.7 Å². The zero-order chi connectivity index (χ0) is 19.3. The van der Waals surface area contributed by atoms with E-state index in [-0.39, 0.29) is 6.10 Å². The standard InChI is InChI=1S/C21H27N5O2/c1-2-3-13-28-19-6-4-5-18-17(19)14-23-26(18)20-11-12-22-21(25-20)24-15-7-9-16(27)10-8-15/h4-6,11-12,14-16,27H,2-3,7-10,13H2,1H3,(H,22,24,25)/t15-,16-. The topological polar surface area (TPSA) is 85.1 Å². The number of aliphatic hydroxyl groups is 1. The maximum absolute atomic E-state index is 9.67. The van der Waals surface area contributed by atoms with Gasteiger partial charge >= 0.3 is 0 Å². The number of hydrogen-bond acceptors (Lipinski definition) is 6. The quantitative estimate of drug-likeness (QED) is 0.607. The van der Waals surface area contributed by atoms with Crippen molar-refractivity contribution in [2.75, 3.05) is 11.9 Å². The van der Waals surface area contributed by atoms with Gasteiger partial charge in [0.15, 0.2) is 5.82 Å². The Balaban J connectivity index is 1.55. The number of nitrogens with one attached hydrogen (secondary N) is 1. The van der Waals surface area contributed by atoms with Gasteiger partial charge in [-0.1, -0.05) is 19.4 Å². The Bertz CT molecular complexity index is 918. The monoisotopic (exact) mass is 381 g/mol. The van der Waals surface area contributed by atoms with Gasteiger partial charge < -0.3 is 15.2 Å². The second-order valence-electron chi connectivity index (χ2n) is 7.34. The Labute approximate surface area is 164 Å². The normalized spacial score (nSPS) is 19.6. The maximum Gasteiger partial charge on any atom is 0.224 e. The number of rotatable bonds is 7. The van der Waals surface area contributed by atoms with E-state index in [2.05, 4.69) is 27.3 Å². The van der Waals surface area contributed by atoms with E-state index in [0.717, 1.165) is 55.2 Å². The fourth-order valence-electron chi connectivity index (χ4n) is 3.60. The molecule has 0 saturated heterocycles. The highest BCUT2D eigenvalue weighted by Gasteiger charge is 2.20. The Morgan fingerprint density at radius 1 is 1.21 bits per heavy atom. The summed E-state index contributed by atoms with van der Waals surface area (Å²) < 4.78 is 7.74. The first kappa shape index (κ1) is 18.7. The van der Waals surface area contributed by atoms with Crippen LogP contribution in [-0.2, 0) is 0 Å². The van der Waals surface area contributed by atoms with E-state index in [9.17, 15) is 5.11 Å². The number of fused-ring (bicyclic) bond motifs is 1. The Morgan fingerprint density at radius 3 is 2.89 bits per heavy atom. The summed E-state index contributed by atoms with van der Waals surface area (Å²) >= 11 is 0. The molecule has 1 saturated carbocycles. The molecule has 2 aromatic heterocycles. The van der Waals surface area contributed by atoms with Crippen LogP contribution in [0, 0.1) is 0 Å². The zero-order valence-corrected chi connectivity index (χ0v) is 16.2. The third kappa shape index (κ3) is 4.09. The van der Waals surface area contributed by atoms with E-state index in [1.165, 1.54) is 0 Å². The number of anilines is 1. The molecule has 0 bridgehead atoms. The Hall–Kier alpha value is -2.67. The molecule has 0 amide bonds. The predicted molar refractivity (Wildman–Crippen MR) is 109 cm³/mol. The van der Waals surface area contributed by atoms with Crippen molar-refractivity contribution >= 4 is 16.9 Å². The van der Waals surface area contributed by atoms with Gasteiger partial charge in [-0.3, -0.25) is 0 Å². The largest absolute Gasteiger partial charge is 0.493 e. The first-order chi connectivity index (χ1) is 13.7. The molecule has 148 valence electrons. The van der Waals surface area contributed by atoms with Gasteiger partial charge in [0.05, 0.1) is 29.8 Å². The number of aliphatic hydroxyl groups excluding tert-OH is 1. The second kappa shape index (κ2) is 8.56. The summed E-state index contributed by atoms with van der Waals surface area (Å²) in [5.41, 5.74) is 0.958. The van der Waals surface area contributed by atoms with E-state index < -0.39 is 0 Å². The minimum absolute atomic E-state index is 0.172. The van der Waals surface area contributed by atoms with Crippen LogP contribution >= 0.6 is 0 Å². The highest BCUT2D eigenvalue weighted by atomic mass is 16.5. The summed E-state index contributed by atoms with van der Waals surface area (Å²) in [7, 11) is 0. The molecule has 4 rings (SSSR count). The van der Waals surface area contributed by atoms with Gasteiger partial charge in [0.1, 0.15) is 5.75 Å². The van der Waals surface area contributed by atoms with Gasteiger partial charge in [0.25, 0.3) is 0 Å². The molecule has 0 spiro atoms. The van der Waals surface area contributed by atoms with Gasteiger partial charge in [0, 0.05) is 18.3 Å². The molecule has 0 radical (unpaired) electrons. The summed E-state index contributed by atoms with van der Waals surface area (Å²) in [5.74, 6) is 2.16. The lowest BCUT2D eigenvalue weighted by Gasteiger charge is -2.26. The fraction of sp³-hybridized carbons (Fsp3) is 0.476. The predicted octanol–water partition coefficient (Wildman–Crippen LogP) is 3.71. The molecule has 28 heavy (non-hydrogen) atoms. The smallest absolute Gasteiger partial charge is 0.224 e.